The largest absolute Gasteiger partial charge is 0.394 e. The summed E-state index contributed by atoms with van der Waals surface area (Å²) >= 11 is 0. The summed E-state index contributed by atoms with van der Waals surface area (Å²) in [6.07, 6.45) is 0.895. The molecule has 3 nitrogen and oxygen atoms in total. The molecule has 0 saturated heterocycles. The predicted molar refractivity (Wildman–Crippen MR) is 71.3 cm³/mol. The van der Waals surface area contributed by atoms with Crippen LogP contribution < -0.4 is 5.32 Å². The maximum absolute atomic E-state index is 9.25. The zero-order valence-electron chi connectivity index (χ0n) is 10.3. The molecule has 0 aliphatic heterocycles. The normalized spacial score (nSPS) is 12.6. The Kier molecular flexibility index (Phi) is 3.59. The van der Waals surface area contributed by atoms with Crippen LogP contribution in [0.4, 0.5) is 5.69 Å². The van der Waals surface area contributed by atoms with E-state index in [0.717, 1.165) is 28.7 Å². The summed E-state index contributed by atoms with van der Waals surface area (Å²) in [6, 6.07) is 10.2. The number of aliphatic hydroxyl groups is 1. The molecule has 3 heteroatoms. The molecule has 0 saturated carbocycles. The van der Waals surface area contributed by atoms with E-state index < -0.39 is 0 Å². The molecule has 0 spiro atoms. The van der Waals surface area contributed by atoms with Gasteiger partial charge in [0.1, 0.15) is 0 Å². The van der Waals surface area contributed by atoms with Gasteiger partial charge in [-0.2, -0.15) is 0 Å². The molecule has 1 unspecified atom stereocenters. The third kappa shape index (κ3) is 2.56. The molecule has 2 N–H and O–H groups in total. The molecule has 0 aliphatic rings. The number of nitrogens with one attached hydrogen (secondary N) is 1. The van der Waals surface area contributed by atoms with Gasteiger partial charge in [-0.05, 0) is 25.5 Å². The molecule has 17 heavy (non-hydrogen) atoms. The van der Waals surface area contributed by atoms with E-state index in [1.807, 2.05) is 37.3 Å². The van der Waals surface area contributed by atoms with Gasteiger partial charge in [-0.3, -0.25) is 4.98 Å². The lowest BCUT2D eigenvalue weighted by Crippen LogP contribution is -2.22. The van der Waals surface area contributed by atoms with Gasteiger partial charge in [0.15, 0.2) is 0 Å². The molecule has 2 rings (SSSR count). The van der Waals surface area contributed by atoms with Crippen LogP contribution in [-0.4, -0.2) is 22.7 Å². The minimum atomic E-state index is 0.0974. The molecule has 1 heterocycles. The van der Waals surface area contributed by atoms with E-state index >= 15 is 0 Å². The average Bonchev–Trinajstić information content (AvgIpc) is 2.35. The van der Waals surface area contributed by atoms with E-state index in [9.17, 15) is 5.11 Å². The Hall–Kier alpha value is -1.61. The first kappa shape index (κ1) is 11.9. The lowest BCUT2D eigenvalue weighted by Gasteiger charge is -2.17. The molecule has 1 aromatic carbocycles. The van der Waals surface area contributed by atoms with Crippen molar-refractivity contribution in [2.45, 2.75) is 26.3 Å². The third-order valence-electron chi connectivity index (χ3n) is 2.92. The van der Waals surface area contributed by atoms with Crippen LogP contribution in [-0.2, 0) is 0 Å². The number of aryl methyl sites for hydroxylation is 1. The van der Waals surface area contributed by atoms with E-state index in [-0.39, 0.29) is 12.6 Å². The number of pyridine rings is 1. The van der Waals surface area contributed by atoms with Crippen molar-refractivity contribution in [1.29, 1.82) is 0 Å². The van der Waals surface area contributed by atoms with E-state index in [1.54, 1.807) is 0 Å². The first-order valence-electron chi connectivity index (χ1n) is 5.98. The van der Waals surface area contributed by atoms with Gasteiger partial charge in [0.2, 0.25) is 0 Å². The summed E-state index contributed by atoms with van der Waals surface area (Å²) in [6.45, 7) is 4.19. The number of hydrogen-bond donors (Lipinski definition) is 2. The van der Waals surface area contributed by atoms with Crippen molar-refractivity contribution < 1.29 is 5.11 Å². The Morgan fingerprint density at radius 3 is 2.82 bits per heavy atom. The number of rotatable bonds is 4. The van der Waals surface area contributed by atoms with Crippen LogP contribution in [0.3, 0.4) is 0 Å². The van der Waals surface area contributed by atoms with Gasteiger partial charge in [0.05, 0.1) is 12.1 Å². The van der Waals surface area contributed by atoms with Crippen molar-refractivity contribution in [3.05, 3.63) is 36.0 Å². The lowest BCUT2D eigenvalue weighted by atomic mass is 10.1. The molecule has 1 atom stereocenters. The summed E-state index contributed by atoms with van der Waals surface area (Å²) < 4.78 is 0. The zero-order valence-corrected chi connectivity index (χ0v) is 10.3. The van der Waals surface area contributed by atoms with Crippen LogP contribution in [0.2, 0.25) is 0 Å². The number of hydrogen-bond acceptors (Lipinski definition) is 3. The highest BCUT2D eigenvalue weighted by atomic mass is 16.3. The minimum absolute atomic E-state index is 0.0974. The molecule has 0 radical (unpaired) electrons. The Balaban J connectivity index is 2.44. The van der Waals surface area contributed by atoms with Gasteiger partial charge in [-0.25, -0.2) is 0 Å². The van der Waals surface area contributed by atoms with Gasteiger partial charge in [-0.15, -0.1) is 0 Å². The molecular formula is C14H18N2O. The number of benzene rings is 1. The van der Waals surface area contributed by atoms with Crippen molar-refractivity contribution in [1.82, 2.24) is 4.98 Å². The van der Waals surface area contributed by atoms with Crippen molar-refractivity contribution in [3.8, 4) is 0 Å². The standard InChI is InChI=1S/C14H18N2O/c1-3-11(9-17)16-14-8-10(2)15-13-7-5-4-6-12(13)14/h4-8,11,17H,3,9H2,1-2H3,(H,15,16). The fraction of sp³-hybridized carbons (Fsp3) is 0.357. The maximum atomic E-state index is 9.25. The first-order chi connectivity index (χ1) is 8.24. The molecular weight excluding hydrogens is 212 g/mol. The number of para-hydroxylation sites is 1. The second-order valence-electron chi connectivity index (χ2n) is 4.26. The van der Waals surface area contributed by atoms with Crippen LogP contribution in [0.1, 0.15) is 19.0 Å². The van der Waals surface area contributed by atoms with Gasteiger partial charge in [0, 0.05) is 22.8 Å². The van der Waals surface area contributed by atoms with Gasteiger partial charge >= 0.3 is 0 Å². The lowest BCUT2D eigenvalue weighted by molar-refractivity contribution is 0.272. The highest BCUT2D eigenvalue weighted by Gasteiger charge is 2.08. The fourth-order valence-electron chi connectivity index (χ4n) is 1.92. The van der Waals surface area contributed by atoms with Crippen LogP contribution in [0, 0.1) is 6.92 Å². The highest BCUT2D eigenvalue weighted by Crippen LogP contribution is 2.23. The van der Waals surface area contributed by atoms with Gasteiger partial charge in [-0.1, -0.05) is 25.1 Å². The van der Waals surface area contributed by atoms with Crippen molar-refractivity contribution in [2.75, 3.05) is 11.9 Å². The van der Waals surface area contributed by atoms with Gasteiger partial charge in [0.25, 0.3) is 0 Å². The summed E-state index contributed by atoms with van der Waals surface area (Å²) in [7, 11) is 0. The highest BCUT2D eigenvalue weighted by molar-refractivity contribution is 5.91. The minimum Gasteiger partial charge on any atom is -0.394 e. The van der Waals surface area contributed by atoms with Gasteiger partial charge < -0.3 is 10.4 Å². The first-order valence-corrected chi connectivity index (χ1v) is 5.98. The Bertz CT molecular complexity index is 507. The molecule has 90 valence electrons. The fourth-order valence-corrected chi connectivity index (χ4v) is 1.92. The maximum Gasteiger partial charge on any atom is 0.0725 e. The van der Waals surface area contributed by atoms with Crippen LogP contribution in [0.25, 0.3) is 10.9 Å². The SMILES string of the molecule is CCC(CO)Nc1cc(C)nc2ccccc12. The second kappa shape index (κ2) is 5.15. The third-order valence-corrected chi connectivity index (χ3v) is 2.92. The molecule has 0 aliphatic carbocycles. The van der Waals surface area contributed by atoms with E-state index in [2.05, 4.69) is 17.2 Å². The zero-order chi connectivity index (χ0) is 12.3. The molecule has 0 amide bonds. The van der Waals surface area contributed by atoms with E-state index in [4.69, 9.17) is 0 Å². The number of aliphatic hydroxyl groups excluding tert-OH is 1. The van der Waals surface area contributed by atoms with E-state index in [1.165, 1.54) is 0 Å². The van der Waals surface area contributed by atoms with Crippen LogP contribution >= 0.6 is 0 Å². The Morgan fingerprint density at radius 2 is 2.12 bits per heavy atom. The molecule has 0 fully saturated rings. The molecule has 2 aromatic rings. The Morgan fingerprint density at radius 1 is 1.35 bits per heavy atom. The number of aromatic nitrogens is 1. The van der Waals surface area contributed by atoms with Crippen molar-refractivity contribution in [2.24, 2.45) is 0 Å². The molecule has 0 bridgehead atoms. The Labute approximate surface area is 102 Å². The van der Waals surface area contributed by atoms with Crippen molar-refractivity contribution >= 4 is 16.6 Å². The van der Waals surface area contributed by atoms with Crippen LogP contribution in [0.15, 0.2) is 30.3 Å². The second-order valence-corrected chi connectivity index (χ2v) is 4.26. The smallest absolute Gasteiger partial charge is 0.0725 e. The van der Waals surface area contributed by atoms with E-state index in [0.29, 0.717) is 0 Å². The predicted octanol–water partition coefficient (Wildman–Crippen LogP) is 2.73. The summed E-state index contributed by atoms with van der Waals surface area (Å²) in [5, 5.41) is 13.7. The number of anilines is 1. The van der Waals surface area contributed by atoms with Crippen LogP contribution in [0.5, 0.6) is 0 Å². The summed E-state index contributed by atoms with van der Waals surface area (Å²) in [5.74, 6) is 0. The van der Waals surface area contributed by atoms with Crippen molar-refractivity contribution in [3.63, 3.8) is 0 Å². The number of fused-ring (bicyclic) bond motifs is 1. The molecule has 1 aromatic heterocycles. The average molecular weight is 230 g/mol. The topological polar surface area (TPSA) is 45.1 Å². The quantitative estimate of drug-likeness (QED) is 0.849. The summed E-state index contributed by atoms with van der Waals surface area (Å²) in [5.41, 5.74) is 3.02. The number of nitrogens with zero attached hydrogens (tertiary/aromatic N) is 1. The monoisotopic (exact) mass is 230 g/mol. The summed E-state index contributed by atoms with van der Waals surface area (Å²) in [4.78, 5) is 4.49.